The Morgan fingerprint density at radius 3 is 2.56 bits per heavy atom. The molecule has 7 nitrogen and oxygen atoms in total. The molecule has 0 bridgehead atoms. The van der Waals surface area contributed by atoms with Crippen LogP contribution in [0.1, 0.15) is 48.0 Å². The largest absolute Gasteiger partial charge is 0.480 e. The summed E-state index contributed by atoms with van der Waals surface area (Å²) in [6.45, 7) is 5.66. The van der Waals surface area contributed by atoms with Gasteiger partial charge in [0, 0.05) is 4.88 Å². The summed E-state index contributed by atoms with van der Waals surface area (Å²) in [5.41, 5.74) is 7.00. The van der Waals surface area contributed by atoms with Gasteiger partial charge in [-0.3, -0.25) is 9.59 Å². The fraction of sp³-hybridized carbons (Fsp3) is 0.588. The second kappa shape index (κ2) is 7.53. The number of carbonyl (C=O) groups excluding carboxylic acids is 2. The van der Waals surface area contributed by atoms with E-state index in [1.165, 1.54) is 11.3 Å². The van der Waals surface area contributed by atoms with Crippen molar-refractivity contribution in [1.82, 2.24) is 0 Å². The first-order chi connectivity index (χ1) is 11.6. The third-order valence-corrected chi connectivity index (χ3v) is 5.62. The van der Waals surface area contributed by atoms with Crippen LogP contribution in [0.2, 0.25) is 0 Å². The van der Waals surface area contributed by atoms with Crippen LogP contribution in [0.3, 0.4) is 0 Å². The predicted octanol–water partition coefficient (Wildman–Crippen LogP) is 2.04. The van der Waals surface area contributed by atoms with Crippen LogP contribution in [0.4, 0.5) is 5.00 Å². The molecular formula is C17H24N2O5S. The number of carboxylic acids is 1. The molecule has 2 rings (SSSR count). The van der Waals surface area contributed by atoms with E-state index in [9.17, 15) is 14.4 Å². The number of primary amides is 1. The fourth-order valence-electron chi connectivity index (χ4n) is 3.07. The average molecular weight is 368 g/mol. The zero-order chi connectivity index (χ0) is 18.8. The van der Waals surface area contributed by atoms with Crippen molar-refractivity contribution in [2.75, 3.05) is 18.5 Å². The lowest BCUT2D eigenvalue weighted by atomic mass is 9.72. The van der Waals surface area contributed by atoms with Crippen molar-refractivity contribution < 1.29 is 24.2 Å². The Kier molecular flexibility index (Phi) is 5.84. The highest BCUT2D eigenvalue weighted by Crippen LogP contribution is 2.44. The highest BCUT2D eigenvalue weighted by atomic mass is 32.1. The lowest BCUT2D eigenvalue weighted by Crippen LogP contribution is -2.27. The highest BCUT2D eigenvalue weighted by Gasteiger charge is 2.33. The summed E-state index contributed by atoms with van der Waals surface area (Å²) >= 11 is 1.37. The maximum atomic E-state index is 11.9. The van der Waals surface area contributed by atoms with Crippen LogP contribution in [-0.2, 0) is 27.2 Å². The molecule has 1 aliphatic carbocycles. The third kappa shape index (κ3) is 4.79. The first kappa shape index (κ1) is 19.4. The van der Waals surface area contributed by atoms with Crippen molar-refractivity contribution in [2.45, 2.75) is 40.0 Å². The zero-order valence-corrected chi connectivity index (χ0v) is 15.5. The van der Waals surface area contributed by atoms with Gasteiger partial charge in [-0.2, -0.15) is 0 Å². The van der Waals surface area contributed by atoms with Gasteiger partial charge in [-0.15, -0.1) is 11.3 Å². The Morgan fingerprint density at radius 2 is 2.00 bits per heavy atom. The van der Waals surface area contributed by atoms with Gasteiger partial charge in [0.25, 0.3) is 11.8 Å². The van der Waals surface area contributed by atoms with Crippen molar-refractivity contribution >= 4 is 34.1 Å². The second-order valence-corrected chi connectivity index (χ2v) is 8.42. The Balaban J connectivity index is 2.17. The lowest BCUT2D eigenvalue weighted by Gasteiger charge is -2.33. The Bertz CT molecular complexity index is 690. The predicted molar refractivity (Wildman–Crippen MR) is 94.9 cm³/mol. The number of anilines is 1. The maximum absolute atomic E-state index is 11.9. The highest BCUT2D eigenvalue weighted by molar-refractivity contribution is 7.17. The van der Waals surface area contributed by atoms with Crippen molar-refractivity contribution in [2.24, 2.45) is 17.1 Å². The van der Waals surface area contributed by atoms with E-state index in [0.717, 1.165) is 29.7 Å². The number of amides is 2. The number of nitrogens with one attached hydrogen (secondary N) is 1. The molecule has 0 aliphatic heterocycles. The van der Waals surface area contributed by atoms with Gasteiger partial charge >= 0.3 is 5.97 Å². The molecule has 0 radical (unpaired) electrons. The molecule has 1 aromatic heterocycles. The van der Waals surface area contributed by atoms with Crippen molar-refractivity contribution in [3.8, 4) is 0 Å². The number of thiophene rings is 1. The number of aliphatic carboxylic acids is 1. The Hall–Kier alpha value is -1.93. The third-order valence-electron chi connectivity index (χ3n) is 4.45. The number of fused-ring (bicyclic) bond motifs is 1. The van der Waals surface area contributed by atoms with Crippen molar-refractivity contribution in [3.63, 3.8) is 0 Å². The SMILES string of the molecule is CC(C)(C)[C@H]1CCc2c(sc(NC(=O)COCC(=O)O)c2C(N)=O)C1. The quantitative estimate of drug-likeness (QED) is 0.710. The number of nitrogens with two attached hydrogens (primary N) is 1. The van der Waals surface area contributed by atoms with E-state index in [-0.39, 0.29) is 5.41 Å². The lowest BCUT2D eigenvalue weighted by molar-refractivity contribution is -0.143. The summed E-state index contributed by atoms with van der Waals surface area (Å²) in [5.74, 6) is -1.71. The minimum atomic E-state index is -1.15. The molecule has 1 aliphatic rings. The maximum Gasteiger partial charge on any atom is 0.329 e. The molecule has 0 spiro atoms. The van der Waals surface area contributed by atoms with Gasteiger partial charge in [0.05, 0.1) is 5.56 Å². The summed E-state index contributed by atoms with van der Waals surface area (Å²) in [5, 5.41) is 11.6. The standard InChI is InChI=1S/C17H24N2O5S/c1-17(2,3)9-4-5-10-11(6-9)25-16(14(10)15(18)23)19-12(20)7-24-8-13(21)22/h9H,4-8H2,1-3H3,(H2,18,23)(H,19,20)(H,21,22)/t9-/m0/s1. The van der Waals surface area contributed by atoms with E-state index >= 15 is 0 Å². The second-order valence-electron chi connectivity index (χ2n) is 7.31. The number of hydrogen-bond donors (Lipinski definition) is 3. The van der Waals surface area contributed by atoms with E-state index in [2.05, 4.69) is 26.1 Å². The molecule has 0 aromatic carbocycles. The fourth-order valence-corrected chi connectivity index (χ4v) is 4.42. The van der Waals surface area contributed by atoms with E-state index < -0.39 is 31.0 Å². The molecule has 1 aromatic rings. The van der Waals surface area contributed by atoms with E-state index in [1.54, 1.807) is 0 Å². The van der Waals surface area contributed by atoms with Crippen LogP contribution in [-0.4, -0.2) is 36.1 Å². The average Bonchev–Trinajstić information content (AvgIpc) is 2.82. The van der Waals surface area contributed by atoms with Gasteiger partial charge in [0.1, 0.15) is 18.2 Å². The summed E-state index contributed by atoms with van der Waals surface area (Å²) < 4.78 is 4.77. The van der Waals surface area contributed by atoms with Gasteiger partial charge < -0.3 is 20.9 Å². The Labute approximate surface area is 150 Å². The summed E-state index contributed by atoms with van der Waals surface area (Å²) in [6.07, 6.45) is 2.59. The van der Waals surface area contributed by atoms with Crippen LogP contribution < -0.4 is 11.1 Å². The molecule has 0 saturated carbocycles. The topological polar surface area (TPSA) is 119 Å². The summed E-state index contributed by atoms with van der Waals surface area (Å²) in [7, 11) is 0. The van der Waals surface area contributed by atoms with Gasteiger partial charge in [0.2, 0.25) is 0 Å². The van der Waals surface area contributed by atoms with Gasteiger partial charge in [-0.05, 0) is 36.2 Å². The summed E-state index contributed by atoms with van der Waals surface area (Å²) in [4.78, 5) is 35.3. The van der Waals surface area contributed by atoms with Crippen molar-refractivity contribution in [1.29, 1.82) is 0 Å². The minimum absolute atomic E-state index is 0.169. The summed E-state index contributed by atoms with van der Waals surface area (Å²) in [6, 6.07) is 0. The molecule has 1 atom stereocenters. The molecule has 4 N–H and O–H groups in total. The zero-order valence-electron chi connectivity index (χ0n) is 14.7. The number of ether oxygens (including phenoxy) is 1. The van der Waals surface area contributed by atoms with E-state index in [0.29, 0.717) is 16.5 Å². The van der Waals surface area contributed by atoms with Gasteiger partial charge in [-0.1, -0.05) is 20.8 Å². The van der Waals surface area contributed by atoms with Gasteiger partial charge in [0.15, 0.2) is 0 Å². The monoisotopic (exact) mass is 368 g/mol. The van der Waals surface area contributed by atoms with Crippen LogP contribution >= 0.6 is 11.3 Å². The van der Waals surface area contributed by atoms with Crippen LogP contribution in [0.25, 0.3) is 0 Å². The Morgan fingerprint density at radius 1 is 1.32 bits per heavy atom. The van der Waals surface area contributed by atoms with E-state index in [1.807, 2.05) is 0 Å². The molecule has 8 heteroatoms. The molecular weight excluding hydrogens is 344 g/mol. The van der Waals surface area contributed by atoms with Crippen LogP contribution in [0, 0.1) is 11.3 Å². The smallest absolute Gasteiger partial charge is 0.329 e. The minimum Gasteiger partial charge on any atom is -0.480 e. The molecule has 0 fully saturated rings. The van der Waals surface area contributed by atoms with Crippen LogP contribution in [0.15, 0.2) is 0 Å². The van der Waals surface area contributed by atoms with E-state index in [4.69, 9.17) is 15.6 Å². The van der Waals surface area contributed by atoms with Crippen LogP contribution in [0.5, 0.6) is 0 Å². The molecule has 1 heterocycles. The number of rotatable bonds is 6. The first-order valence-electron chi connectivity index (χ1n) is 8.13. The normalized spacial score (nSPS) is 17.0. The number of carbonyl (C=O) groups is 3. The molecule has 0 unspecified atom stereocenters. The molecule has 25 heavy (non-hydrogen) atoms. The number of carboxylic acid groups (broad SMARTS) is 1. The number of hydrogen-bond acceptors (Lipinski definition) is 5. The van der Waals surface area contributed by atoms with Crippen molar-refractivity contribution in [3.05, 3.63) is 16.0 Å². The first-order valence-corrected chi connectivity index (χ1v) is 8.95. The molecule has 0 saturated heterocycles. The van der Waals surface area contributed by atoms with Gasteiger partial charge in [-0.25, -0.2) is 4.79 Å². The molecule has 138 valence electrons. The molecule has 2 amide bonds.